The van der Waals surface area contributed by atoms with Gasteiger partial charge in [-0.2, -0.15) is 0 Å². The van der Waals surface area contributed by atoms with Crippen molar-refractivity contribution in [3.05, 3.63) is 36.5 Å². The van der Waals surface area contributed by atoms with Crippen molar-refractivity contribution in [3.63, 3.8) is 0 Å². The Morgan fingerprint density at radius 3 is 1.26 bits per heavy atom. The Balaban J connectivity index is 0.924. The average molecular weight is 1690 g/mol. The molecule has 6 saturated heterocycles. The Morgan fingerprint density at radius 2 is 0.778 bits per heavy atom. The molecule has 0 amide bonds. The normalized spacial score (nSPS) is 47.6. The minimum Gasteiger partial charge on any atom is -0.481 e. The number of rotatable bonds is 27. The van der Waals surface area contributed by atoms with Crippen LogP contribution < -0.4 is 0 Å². The zero-order chi connectivity index (χ0) is 84.7. The summed E-state index contributed by atoms with van der Waals surface area (Å²) in [7, 11) is 0. The molecule has 6 heterocycles. The van der Waals surface area contributed by atoms with E-state index in [4.69, 9.17) is 71.1 Å². The van der Waals surface area contributed by atoms with Gasteiger partial charge in [0.05, 0.1) is 86.0 Å². The molecule has 11 fully saturated rings. The Kier molecular flexibility index (Phi) is 33.1. The first kappa shape index (κ1) is 93.0. The first-order chi connectivity index (χ1) is 55.5. The summed E-state index contributed by atoms with van der Waals surface area (Å²) >= 11 is 0. The van der Waals surface area contributed by atoms with Crippen LogP contribution in [0.2, 0.25) is 0 Å². The predicted molar refractivity (Wildman–Crippen MR) is 378 cm³/mol. The van der Waals surface area contributed by atoms with Crippen molar-refractivity contribution in [2.45, 2.75) is 343 Å². The second-order valence-corrected chi connectivity index (χ2v) is 32.6. The van der Waals surface area contributed by atoms with Gasteiger partial charge in [0, 0.05) is 30.6 Å². The molecule has 0 spiro atoms. The van der Waals surface area contributed by atoms with E-state index in [1.54, 1.807) is 6.08 Å². The topological polar surface area (TPSA) is 669 Å². The maximum atomic E-state index is 14.1. The van der Waals surface area contributed by atoms with E-state index in [2.05, 4.69) is 0 Å². The first-order valence-electron chi connectivity index (χ1n) is 39.9. The molecule has 22 N–H and O–H groups in total. The number of esters is 4. The van der Waals surface area contributed by atoms with Crippen LogP contribution >= 0.6 is 0 Å². The van der Waals surface area contributed by atoms with Gasteiger partial charge in [-0.1, -0.05) is 18.2 Å². The van der Waals surface area contributed by atoms with Crippen molar-refractivity contribution in [1.82, 2.24) is 0 Å². The van der Waals surface area contributed by atoms with Gasteiger partial charge in [-0.15, -0.1) is 0 Å². The lowest BCUT2D eigenvalue weighted by atomic mass is 9.71. The number of carbonyl (C=O) groups is 5. The Bertz CT molecular complexity index is 3190. The quantitative estimate of drug-likeness (QED) is 0.0157. The van der Waals surface area contributed by atoms with E-state index in [1.165, 1.54) is 19.1 Å². The van der Waals surface area contributed by atoms with Crippen LogP contribution in [0.4, 0.5) is 0 Å². The molecule has 42 heteroatoms. The molecule has 11 rings (SSSR count). The summed E-state index contributed by atoms with van der Waals surface area (Å²) in [5.41, 5.74) is 0. The number of fused-ring (bicyclic) bond motifs is 1. The zero-order valence-corrected chi connectivity index (χ0v) is 63.9. The second-order valence-electron chi connectivity index (χ2n) is 32.6. The summed E-state index contributed by atoms with van der Waals surface area (Å²) < 4.78 is 91.2. The number of hydrogen-bond donors (Lipinski definition) is 22. The van der Waals surface area contributed by atoms with Crippen molar-refractivity contribution in [2.24, 2.45) is 29.6 Å². The number of aliphatic carboxylic acids is 1. The molecule has 39 atom stereocenters. The lowest BCUT2D eigenvalue weighted by Gasteiger charge is -2.54. The number of carboxylic acid groups (broad SMARTS) is 1. The van der Waals surface area contributed by atoms with Crippen LogP contribution in [0, 0.1) is 29.6 Å². The van der Waals surface area contributed by atoms with E-state index >= 15 is 0 Å². The van der Waals surface area contributed by atoms with Crippen molar-refractivity contribution in [1.29, 1.82) is 0 Å². The molecule has 42 nitrogen and oxygen atoms in total. The summed E-state index contributed by atoms with van der Waals surface area (Å²) in [4.78, 5) is 64.1. The highest BCUT2D eigenvalue weighted by Gasteiger charge is 2.59. The minimum atomic E-state index is -2.19. The lowest BCUT2D eigenvalue weighted by molar-refractivity contribution is -0.369. The maximum Gasteiger partial charge on any atom is 0.330 e. The molecular formula is C75H114O42. The van der Waals surface area contributed by atoms with Gasteiger partial charge in [-0.05, 0) is 120 Å². The van der Waals surface area contributed by atoms with Crippen LogP contribution in [0.5, 0.6) is 0 Å². The third-order valence-electron chi connectivity index (χ3n) is 24.2. The van der Waals surface area contributed by atoms with Gasteiger partial charge in [-0.25, -0.2) is 14.4 Å². The molecule has 11 aliphatic rings. The van der Waals surface area contributed by atoms with Crippen molar-refractivity contribution in [3.8, 4) is 0 Å². The highest BCUT2D eigenvalue weighted by molar-refractivity contribution is 5.90. The van der Waals surface area contributed by atoms with E-state index in [-0.39, 0.29) is 62.7 Å². The molecule has 666 valence electrons. The van der Waals surface area contributed by atoms with E-state index in [1.807, 2.05) is 0 Å². The smallest absolute Gasteiger partial charge is 0.330 e. The van der Waals surface area contributed by atoms with E-state index < -0.39 is 320 Å². The first-order valence-corrected chi connectivity index (χ1v) is 39.9. The number of carboxylic acids is 1. The van der Waals surface area contributed by atoms with Gasteiger partial charge >= 0.3 is 29.8 Å². The van der Waals surface area contributed by atoms with Crippen molar-refractivity contribution in [2.75, 3.05) is 26.4 Å². The molecular weight excluding hydrogens is 1570 g/mol. The molecule has 0 aromatic carbocycles. The van der Waals surface area contributed by atoms with Crippen LogP contribution in [0.25, 0.3) is 0 Å². The summed E-state index contributed by atoms with van der Waals surface area (Å²) in [6.45, 7) is -2.03. The summed E-state index contributed by atoms with van der Waals surface area (Å²) in [6.07, 6.45) is -57.7. The van der Waals surface area contributed by atoms with Crippen LogP contribution in [0.15, 0.2) is 36.5 Å². The molecule has 0 radical (unpaired) electrons. The number of hydrogen-bond acceptors (Lipinski definition) is 41. The molecule has 117 heavy (non-hydrogen) atoms. The van der Waals surface area contributed by atoms with Gasteiger partial charge in [0.1, 0.15) is 142 Å². The molecule has 5 saturated carbocycles. The summed E-state index contributed by atoms with van der Waals surface area (Å²) in [5.74, 6) is -9.06. The monoisotopic (exact) mass is 1690 g/mol. The highest BCUT2D eigenvalue weighted by Crippen LogP contribution is 2.48. The van der Waals surface area contributed by atoms with Gasteiger partial charge in [0.15, 0.2) is 37.6 Å². The van der Waals surface area contributed by atoms with Gasteiger partial charge < -0.3 is 183 Å². The van der Waals surface area contributed by atoms with Gasteiger partial charge in [0.25, 0.3) is 0 Å². The Morgan fingerprint density at radius 1 is 0.359 bits per heavy atom. The van der Waals surface area contributed by atoms with Gasteiger partial charge in [-0.3, -0.25) is 9.59 Å². The fraction of sp³-hybridized carbons (Fsp3) is 0.853. The molecule has 6 aliphatic heterocycles. The third kappa shape index (κ3) is 23.2. The number of ether oxygens (including phenoxy) is 15. The Labute approximate surface area is 670 Å². The number of carbonyl (C=O) groups excluding carboxylic acids is 4. The predicted octanol–water partition coefficient (Wildman–Crippen LogP) is -8.78. The third-order valence-corrected chi connectivity index (χ3v) is 24.2. The van der Waals surface area contributed by atoms with Crippen molar-refractivity contribution >= 4 is 29.8 Å². The average Bonchev–Trinajstić information content (AvgIpc) is 0.743. The maximum absolute atomic E-state index is 14.1. The van der Waals surface area contributed by atoms with Crippen LogP contribution in [0.3, 0.4) is 0 Å². The SMILES string of the molecule is CC1OC(OC2CC3C(OC4OC(COC(=O)CC(=O)O)C(O)C(O)C4O)CC(O)CC3OC2C2CC(OC3OC(COC(=O)C=CC4CCC(O)C(O)C4)C(O)C(O)C3O)C(O)C(OC3OC(COC(=O)C=CC4CCC(O)C(O)C4)C(O)C(O)C3O)C2)C(O)C(OC(=O)C=CC2CCC(O)CC2)C1OC1OC(CO)C(O)C(O)C1O. The van der Waals surface area contributed by atoms with Crippen LogP contribution in [-0.4, -0.2) is 401 Å². The van der Waals surface area contributed by atoms with Crippen molar-refractivity contribution < 1.29 is 207 Å². The summed E-state index contributed by atoms with van der Waals surface area (Å²) in [6, 6.07) is 0. The Hall–Kier alpha value is -4.71. The fourth-order valence-corrected chi connectivity index (χ4v) is 17.3. The molecule has 5 aliphatic carbocycles. The number of aliphatic hydroxyl groups excluding tert-OH is 21. The van der Waals surface area contributed by atoms with Crippen LogP contribution in [-0.2, 0) is 95.0 Å². The lowest BCUT2D eigenvalue weighted by Crippen LogP contribution is -2.66. The summed E-state index contributed by atoms with van der Waals surface area (Å²) in [5, 5.41) is 243. The molecule has 39 unspecified atom stereocenters. The van der Waals surface area contributed by atoms with Gasteiger partial charge in [0.2, 0.25) is 0 Å². The molecule has 0 aromatic rings. The fourth-order valence-electron chi connectivity index (χ4n) is 17.3. The highest BCUT2D eigenvalue weighted by atomic mass is 16.8. The number of allylic oxidation sites excluding steroid dienone is 3. The van der Waals surface area contributed by atoms with Crippen LogP contribution in [0.1, 0.15) is 110 Å². The second kappa shape index (κ2) is 41.6. The zero-order valence-electron chi connectivity index (χ0n) is 63.9. The minimum absolute atomic E-state index is 0.127. The largest absolute Gasteiger partial charge is 0.481 e. The standard InChI is InChI=1S/C75H114O42/c1-28-68(117-74-66(101)59(94)55(90)45(24-76)112-74)70(116-52(87)15-6-29-2-9-33(77)10-3-29)67(102)75(106-28)111-44-22-35-40(20-34(78)21-41(35)108-71-63(98)60(95)58(93)48(113-71)27-105-53(88)23-49(83)84)107-69(44)32-18-42(109-72-64(99)61(96)56(91)46(114-72)25-103-50(85)13-7-30-4-11-36(79)38(81)16-30)54(89)43(19-32)110-73-65(100)62(97)57(92)47(115-73)26-104-51(86)14-8-31-5-12-37(80)39(82)17-31/h6-8,13-15,28-48,54-82,89-102H,2-5,9-12,16-27H2,1H3,(H,83,84). The van der Waals surface area contributed by atoms with E-state index in [9.17, 15) is 136 Å². The molecule has 0 aromatic heterocycles. The number of aliphatic hydroxyl groups is 21. The van der Waals surface area contributed by atoms with E-state index in [0.29, 0.717) is 38.5 Å². The van der Waals surface area contributed by atoms with E-state index in [0.717, 1.165) is 18.2 Å². The molecule has 0 bridgehead atoms.